The lowest BCUT2D eigenvalue weighted by Gasteiger charge is -2.10. The lowest BCUT2D eigenvalue weighted by atomic mass is 10.1. The number of esters is 1. The zero-order chi connectivity index (χ0) is 16.7. The number of hydrogen-bond donors (Lipinski definition) is 1. The van der Waals surface area contributed by atoms with E-state index in [0.717, 1.165) is 17.0 Å². The second-order valence-corrected chi connectivity index (χ2v) is 5.23. The Bertz CT molecular complexity index is 678. The summed E-state index contributed by atoms with van der Waals surface area (Å²) in [6.45, 7) is 0.349. The molecule has 0 unspecified atom stereocenters. The third-order valence-corrected chi connectivity index (χ3v) is 3.48. The fraction of sp³-hybridized carbons (Fsp3) is 0.167. The minimum atomic E-state index is -0.374. The van der Waals surface area contributed by atoms with Crippen molar-refractivity contribution in [1.29, 1.82) is 0 Å². The molecule has 0 radical (unpaired) electrons. The highest BCUT2D eigenvalue weighted by Gasteiger charge is 2.09. The van der Waals surface area contributed by atoms with Gasteiger partial charge in [0, 0.05) is 17.3 Å². The highest BCUT2D eigenvalue weighted by molar-refractivity contribution is 6.30. The molecule has 0 saturated heterocycles. The number of carbonyl (C=O) groups is 1. The van der Waals surface area contributed by atoms with Gasteiger partial charge >= 0.3 is 5.97 Å². The first-order chi connectivity index (χ1) is 11.1. The summed E-state index contributed by atoms with van der Waals surface area (Å²) in [6, 6.07) is 14.7. The van der Waals surface area contributed by atoms with Gasteiger partial charge in [-0.25, -0.2) is 4.79 Å². The largest absolute Gasteiger partial charge is 0.497 e. The average molecular weight is 332 g/mol. The predicted molar refractivity (Wildman–Crippen MR) is 92.9 cm³/mol. The smallest absolute Gasteiger partial charge is 0.335 e. The Morgan fingerprint density at radius 1 is 1.09 bits per heavy atom. The summed E-state index contributed by atoms with van der Waals surface area (Å²) in [7, 11) is 2.98. The summed E-state index contributed by atoms with van der Waals surface area (Å²) in [5, 5.41) is 3.84. The lowest BCUT2D eigenvalue weighted by molar-refractivity contribution is -0.135. The molecule has 0 amide bonds. The van der Waals surface area contributed by atoms with E-state index in [2.05, 4.69) is 5.32 Å². The molecule has 0 aliphatic heterocycles. The molecule has 0 aromatic heterocycles. The van der Waals surface area contributed by atoms with Crippen molar-refractivity contribution in [2.75, 3.05) is 26.1 Å². The molecule has 0 aliphatic carbocycles. The first kappa shape index (κ1) is 16.9. The highest BCUT2D eigenvalue weighted by atomic mass is 35.5. The number of carbonyl (C=O) groups excluding carboxylic acids is 1. The molecule has 0 spiro atoms. The van der Waals surface area contributed by atoms with Gasteiger partial charge in [0.25, 0.3) is 0 Å². The van der Waals surface area contributed by atoms with Crippen molar-refractivity contribution in [2.45, 2.75) is 0 Å². The van der Waals surface area contributed by atoms with Crippen molar-refractivity contribution in [3.05, 3.63) is 64.7 Å². The molecule has 0 heterocycles. The Kier molecular flexibility index (Phi) is 6.06. The Balaban J connectivity index is 2.11. The van der Waals surface area contributed by atoms with E-state index < -0.39 is 0 Å². The van der Waals surface area contributed by atoms with E-state index in [0.29, 0.717) is 17.1 Å². The number of anilines is 1. The summed E-state index contributed by atoms with van der Waals surface area (Å²) in [6.07, 6.45) is 1.78. The van der Waals surface area contributed by atoms with E-state index in [4.69, 9.17) is 21.1 Å². The molecule has 2 aromatic carbocycles. The Morgan fingerprint density at radius 2 is 1.74 bits per heavy atom. The van der Waals surface area contributed by atoms with Crippen molar-refractivity contribution in [2.24, 2.45) is 0 Å². The number of ether oxygens (including phenoxy) is 2. The van der Waals surface area contributed by atoms with Gasteiger partial charge in [-0.3, -0.25) is 0 Å². The molecule has 0 atom stereocenters. The van der Waals surface area contributed by atoms with E-state index in [1.165, 1.54) is 7.11 Å². The zero-order valence-electron chi connectivity index (χ0n) is 13.0. The summed E-state index contributed by atoms with van der Waals surface area (Å²) < 4.78 is 9.95. The third-order valence-electron chi connectivity index (χ3n) is 3.23. The van der Waals surface area contributed by atoms with Gasteiger partial charge < -0.3 is 14.8 Å². The molecule has 120 valence electrons. The number of hydrogen-bond acceptors (Lipinski definition) is 4. The summed E-state index contributed by atoms with van der Waals surface area (Å²) in [5.41, 5.74) is 2.29. The molecule has 5 heteroatoms. The molecule has 0 aliphatic rings. The van der Waals surface area contributed by atoms with Crippen molar-refractivity contribution < 1.29 is 14.3 Å². The minimum Gasteiger partial charge on any atom is -0.497 e. The molecule has 4 nitrogen and oxygen atoms in total. The maximum atomic E-state index is 11.9. The van der Waals surface area contributed by atoms with Gasteiger partial charge in [-0.15, -0.1) is 0 Å². The Morgan fingerprint density at radius 3 is 2.30 bits per heavy atom. The van der Waals surface area contributed by atoms with Crippen molar-refractivity contribution in [3.8, 4) is 5.75 Å². The first-order valence-corrected chi connectivity index (χ1v) is 7.42. The van der Waals surface area contributed by atoms with Crippen LogP contribution in [0.3, 0.4) is 0 Å². The quantitative estimate of drug-likeness (QED) is 0.641. The third kappa shape index (κ3) is 5.04. The van der Waals surface area contributed by atoms with Gasteiger partial charge in [-0.2, -0.15) is 0 Å². The fourth-order valence-corrected chi connectivity index (χ4v) is 2.11. The van der Waals surface area contributed by atoms with Gasteiger partial charge in [-0.1, -0.05) is 23.7 Å². The highest BCUT2D eigenvalue weighted by Crippen LogP contribution is 2.17. The van der Waals surface area contributed by atoms with Gasteiger partial charge in [-0.05, 0) is 48.0 Å². The standard InChI is InChI=1S/C18H18ClNO3/c1-22-17-9-7-16(8-10-17)20-12-14(18(21)23-2)11-13-3-5-15(19)6-4-13/h3-11,20H,12H2,1-2H3/b14-11-. The molecule has 2 aromatic rings. The second-order valence-electron chi connectivity index (χ2n) is 4.79. The average Bonchev–Trinajstić information content (AvgIpc) is 2.60. The molecule has 0 fully saturated rings. The van der Waals surface area contributed by atoms with Crippen molar-refractivity contribution >= 4 is 29.3 Å². The number of rotatable bonds is 6. The molecule has 23 heavy (non-hydrogen) atoms. The van der Waals surface area contributed by atoms with Gasteiger partial charge in [0.15, 0.2) is 0 Å². The van der Waals surface area contributed by atoms with Crippen LogP contribution in [0.15, 0.2) is 54.1 Å². The van der Waals surface area contributed by atoms with Gasteiger partial charge in [0.05, 0.1) is 19.8 Å². The monoisotopic (exact) mass is 331 g/mol. The Hall–Kier alpha value is -2.46. The maximum absolute atomic E-state index is 11.9. The van der Waals surface area contributed by atoms with E-state index in [1.807, 2.05) is 36.4 Å². The Labute approximate surface area is 140 Å². The molecular weight excluding hydrogens is 314 g/mol. The van der Waals surface area contributed by atoms with Crippen LogP contribution < -0.4 is 10.1 Å². The van der Waals surface area contributed by atoms with E-state index in [-0.39, 0.29) is 5.97 Å². The van der Waals surface area contributed by atoms with Crippen LogP contribution in [-0.2, 0) is 9.53 Å². The number of methoxy groups -OCH3 is 2. The van der Waals surface area contributed by atoms with E-state index >= 15 is 0 Å². The summed E-state index contributed by atoms with van der Waals surface area (Å²) in [5.74, 6) is 0.404. The first-order valence-electron chi connectivity index (χ1n) is 7.05. The summed E-state index contributed by atoms with van der Waals surface area (Å²) >= 11 is 5.87. The van der Waals surface area contributed by atoms with Crippen LogP contribution in [0.5, 0.6) is 5.75 Å². The van der Waals surface area contributed by atoms with E-state index in [1.54, 1.807) is 25.3 Å². The maximum Gasteiger partial charge on any atom is 0.335 e. The van der Waals surface area contributed by atoms with E-state index in [9.17, 15) is 4.79 Å². The number of halogens is 1. The molecule has 0 bridgehead atoms. The fourth-order valence-electron chi connectivity index (χ4n) is 1.98. The predicted octanol–water partition coefficient (Wildman–Crippen LogP) is 4.02. The number of benzene rings is 2. The second kappa shape index (κ2) is 8.25. The minimum absolute atomic E-state index is 0.349. The van der Waals surface area contributed by atoms with Crippen LogP contribution in [0.1, 0.15) is 5.56 Å². The van der Waals surface area contributed by atoms with Gasteiger partial charge in [0.2, 0.25) is 0 Å². The van der Waals surface area contributed by atoms with Crippen molar-refractivity contribution in [3.63, 3.8) is 0 Å². The SMILES string of the molecule is COC(=O)/C(=C\c1ccc(Cl)cc1)CNc1ccc(OC)cc1. The van der Waals surface area contributed by atoms with Crippen LogP contribution in [0, 0.1) is 0 Å². The van der Waals surface area contributed by atoms with Crippen LogP contribution in [0.4, 0.5) is 5.69 Å². The van der Waals surface area contributed by atoms with Crippen LogP contribution in [0.2, 0.25) is 5.02 Å². The molecule has 0 saturated carbocycles. The zero-order valence-corrected chi connectivity index (χ0v) is 13.8. The van der Waals surface area contributed by atoms with Crippen LogP contribution in [0.25, 0.3) is 6.08 Å². The topological polar surface area (TPSA) is 47.6 Å². The molecular formula is C18H18ClNO3. The van der Waals surface area contributed by atoms with Crippen LogP contribution in [-0.4, -0.2) is 26.7 Å². The number of nitrogens with one attached hydrogen (secondary N) is 1. The summed E-state index contributed by atoms with van der Waals surface area (Å²) in [4.78, 5) is 11.9. The van der Waals surface area contributed by atoms with Crippen LogP contribution >= 0.6 is 11.6 Å². The molecule has 1 N–H and O–H groups in total. The van der Waals surface area contributed by atoms with Gasteiger partial charge in [0.1, 0.15) is 5.75 Å². The lowest BCUT2D eigenvalue weighted by Crippen LogP contribution is -2.14. The normalized spacial score (nSPS) is 11.0. The van der Waals surface area contributed by atoms with Crippen molar-refractivity contribution in [1.82, 2.24) is 0 Å². The molecule has 2 rings (SSSR count).